The van der Waals surface area contributed by atoms with Crippen LogP contribution in [-0.2, 0) is 4.79 Å². The molecule has 10 heavy (non-hydrogen) atoms. The zero-order valence-electron chi connectivity index (χ0n) is 7.32. The maximum absolute atomic E-state index is 11.2. The van der Waals surface area contributed by atoms with E-state index < -0.39 is 0 Å². The van der Waals surface area contributed by atoms with Crippen LogP contribution in [0.5, 0.6) is 0 Å². The van der Waals surface area contributed by atoms with Gasteiger partial charge in [0.1, 0.15) is 5.78 Å². The lowest BCUT2D eigenvalue weighted by Gasteiger charge is -2.15. The standard InChI is InChI=1S/C8H17NO/c1-8(2,3)7(10)5-6-9-4/h9H,5-6H2,1-4H3. The van der Waals surface area contributed by atoms with Gasteiger partial charge in [0.2, 0.25) is 0 Å². The van der Waals surface area contributed by atoms with Crippen molar-refractivity contribution in [2.24, 2.45) is 5.41 Å². The van der Waals surface area contributed by atoms with Gasteiger partial charge in [0.25, 0.3) is 0 Å². The number of hydrogen-bond donors (Lipinski definition) is 1. The molecule has 2 nitrogen and oxygen atoms in total. The summed E-state index contributed by atoms with van der Waals surface area (Å²) < 4.78 is 0. The maximum atomic E-state index is 11.2. The van der Waals surface area contributed by atoms with Crippen molar-refractivity contribution in [2.75, 3.05) is 13.6 Å². The Hall–Kier alpha value is -0.370. The Morgan fingerprint density at radius 1 is 1.40 bits per heavy atom. The highest BCUT2D eigenvalue weighted by molar-refractivity contribution is 5.83. The molecule has 0 heterocycles. The molecule has 0 saturated carbocycles. The normalized spacial score (nSPS) is 11.6. The van der Waals surface area contributed by atoms with E-state index in [0.29, 0.717) is 12.2 Å². The summed E-state index contributed by atoms with van der Waals surface area (Å²) in [7, 11) is 1.86. The third-order valence-corrected chi connectivity index (χ3v) is 1.44. The zero-order valence-corrected chi connectivity index (χ0v) is 7.32. The molecule has 1 N–H and O–H groups in total. The minimum absolute atomic E-state index is 0.170. The highest BCUT2D eigenvalue weighted by atomic mass is 16.1. The quantitative estimate of drug-likeness (QED) is 0.643. The molecule has 0 radical (unpaired) electrons. The fourth-order valence-corrected chi connectivity index (χ4v) is 0.614. The molecule has 60 valence electrons. The number of rotatable bonds is 3. The van der Waals surface area contributed by atoms with E-state index in [9.17, 15) is 4.79 Å². The van der Waals surface area contributed by atoms with Gasteiger partial charge in [0.15, 0.2) is 0 Å². The summed E-state index contributed by atoms with van der Waals surface area (Å²) in [5.41, 5.74) is -0.170. The van der Waals surface area contributed by atoms with Crippen LogP contribution in [0.1, 0.15) is 27.2 Å². The van der Waals surface area contributed by atoms with Crippen LogP contribution in [0.15, 0.2) is 0 Å². The molecular weight excluding hydrogens is 126 g/mol. The van der Waals surface area contributed by atoms with Crippen molar-refractivity contribution in [2.45, 2.75) is 27.2 Å². The first-order valence-corrected chi connectivity index (χ1v) is 3.66. The Kier molecular flexibility index (Phi) is 3.58. The van der Waals surface area contributed by atoms with Gasteiger partial charge in [-0.25, -0.2) is 0 Å². The Morgan fingerprint density at radius 2 is 1.90 bits per heavy atom. The van der Waals surface area contributed by atoms with Gasteiger partial charge < -0.3 is 5.32 Å². The van der Waals surface area contributed by atoms with E-state index >= 15 is 0 Å². The fraction of sp³-hybridized carbons (Fsp3) is 0.875. The average molecular weight is 143 g/mol. The molecule has 0 atom stereocenters. The highest BCUT2D eigenvalue weighted by Gasteiger charge is 2.19. The Morgan fingerprint density at radius 3 is 2.20 bits per heavy atom. The predicted molar refractivity (Wildman–Crippen MR) is 43.0 cm³/mol. The molecule has 0 aromatic carbocycles. The summed E-state index contributed by atoms with van der Waals surface area (Å²) in [5.74, 6) is 0.321. The van der Waals surface area contributed by atoms with Gasteiger partial charge >= 0.3 is 0 Å². The first kappa shape index (κ1) is 9.63. The lowest BCUT2D eigenvalue weighted by molar-refractivity contribution is -0.126. The molecule has 0 aromatic heterocycles. The minimum Gasteiger partial charge on any atom is -0.319 e. The molecule has 0 aliphatic carbocycles. The summed E-state index contributed by atoms with van der Waals surface area (Å²) in [6.45, 7) is 6.64. The van der Waals surface area contributed by atoms with Crippen LogP contribution in [0.3, 0.4) is 0 Å². The fourth-order valence-electron chi connectivity index (χ4n) is 0.614. The topological polar surface area (TPSA) is 29.1 Å². The number of carbonyl (C=O) groups is 1. The molecule has 0 unspecified atom stereocenters. The molecule has 0 bridgehead atoms. The van der Waals surface area contributed by atoms with Crippen LogP contribution in [0, 0.1) is 5.41 Å². The van der Waals surface area contributed by atoms with Gasteiger partial charge in [-0.2, -0.15) is 0 Å². The molecule has 0 spiro atoms. The van der Waals surface area contributed by atoms with E-state index in [0.717, 1.165) is 6.54 Å². The van der Waals surface area contributed by atoms with Crippen LogP contribution < -0.4 is 5.32 Å². The zero-order chi connectivity index (χ0) is 8.20. The monoisotopic (exact) mass is 143 g/mol. The number of nitrogens with one attached hydrogen (secondary N) is 1. The highest BCUT2D eigenvalue weighted by Crippen LogP contribution is 2.15. The Balaban J connectivity index is 3.64. The van der Waals surface area contributed by atoms with Crippen molar-refractivity contribution in [3.63, 3.8) is 0 Å². The van der Waals surface area contributed by atoms with Crippen molar-refractivity contribution in [1.29, 1.82) is 0 Å². The van der Waals surface area contributed by atoms with Crippen molar-refractivity contribution < 1.29 is 4.79 Å². The van der Waals surface area contributed by atoms with E-state index in [2.05, 4.69) is 5.32 Å². The van der Waals surface area contributed by atoms with Crippen LogP contribution >= 0.6 is 0 Å². The van der Waals surface area contributed by atoms with Gasteiger partial charge in [0, 0.05) is 18.4 Å². The molecule has 0 aliphatic rings. The third-order valence-electron chi connectivity index (χ3n) is 1.44. The average Bonchev–Trinajstić information content (AvgIpc) is 1.80. The van der Waals surface area contributed by atoms with E-state index in [4.69, 9.17) is 0 Å². The molecule has 0 saturated heterocycles. The van der Waals surface area contributed by atoms with Crippen molar-refractivity contribution in [3.8, 4) is 0 Å². The molecule has 2 heteroatoms. The Labute approximate surface area is 63.0 Å². The largest absolute Gasteiger partial charge is 0.319 e. The molecule has 0 fully saturated rings. The SMILES string of the molecule is CNCCC(=O)C(C)(C)C. The summed E-state index contributed by atoms with van der Waals surface area (Å²) in [4.78, 5) is 11.2. The maximum Gasteiger partial charge on any atom is 0.139 e. The molecule has 0 aromatic rings. The van der Waals surface area contributed by atoms with Crippen molar-refractivity contribution in [3.05, 3.63) is 0 Å². The molecule has 0 aliphatic heterocycles. The van der Waals surface area contributed by atoms with E-state index in [1.165, 1.54) is 0 Å². The van der Waals surface area contributed by atoms with Crippen LogP contribution in [0.25, 0.3) is 0 Å². The van der Waals surface area contributed by atoms with Crippen molar-refractivity contribution in [1.82, 2.24) is 5.32 Å². The molecular formula is C8H17NO. The second-order valence-electron chi connectivity index (χ2n) is 3.53. The second kappa shape index (κ2) is 3.71. The van der Waals surface area contributed by atoms with E-state index in [-0.39, 0.29) is 5.41 Å². The number of ketones is 1. The van der Waals surface area contributed by atoms with E-state index in [1.807, 2.05) is 27.8 Å². The molecule has 0 amide bonds. The Bertz CT molecular complexity index is 113. The molecule has 0 rings (SSSR count). The summed E-state index contributed by atoms with van der Waals surface area (Å²) in [5, 5.41) is 2.95. The van der Waals surface area contributed by atoms with Gasteiger partial charge in [-0.05, 0) is 7.05 Å². The van der Waals surface area contributed by atoms with Gasteiger partial charge in [-0.15, -0.1) is 0 Å². The van der Waals surface area contributed by atoms with E-state index in [1.54, 1.807) is 0 Å². The smallest absolute Gasteiger partial charge is 0.139 e. The first-order valence-electron chi connectivity index (χ1n) is 3.66. The van der Waals surface area contributed by atoms with Crippen LogP contribution in [-0.4, -0.2) is 19.4 Å². The van der Waals surface area contributed by atoms with Crippen LogP contribution in [0.4, 0.5) is 0 Å². The van der Waals surface area contributed by atoms with Crippen LogP contribution in [0.2, 0.25) is 0 Å². The lowest BCUT2D eigenvalue weighted by Crippen LogP contribution is -2.23. The second-order valence-corrected chi connectivity index (χ2v) is 3.53. The van der Waals surface area contributed by atoms with Gasteiger partial charge in [-0.1, -0.05) is 20.8 Å². The summed E-state index contributed by atoms with van der Waals surface area (Å²) in [6.07, 6.45) is 0.639. The summed E-state index contributed by atoms with van der Waals surface area (Å²) >= 11 is 0. The number of carbonyl (C=O) groups excluding carboxylic acids is 1. The minimum atomic E-state index is -0.170. The number of hydrogen-bond acceptors (Lipinski definition) is 2. The predicted octanol–water partition coefficient (Wildman–Crippen LogP) is 1.21. The first-order chi connectivity index (χ1) is 4.48. The summed E-state index contributed by atoms with van der Waals surface area (Å²) in [6, 6.07) is 0. The lowest BCUT2D eigenvalue weighted by atomic mass is 9.89. The van der Waals surface area contributed by atoms with Gasteiger partial charge in [0.05, 0.1) is 0 Å². The van der Waals surface area contributed by atoms with Gasteiger partial charge in [-0.3, -0.25) is 4.79 Å². The number of Topliss-reactive ketones (excluding diaryl/α,β-unsaturated/α-hetero) is 1. The van der Waals surface area contributed by atoms with Crippen molar-refractivity contribution >= 4 is 5.78 Å². The third kappa shape index (κ3) is 3.62.